The van der Waals surface area contributed by atoms with Crippen molar-refractivity contribution in [1.82, 2.24) is 14.7 Å². The van der Waals surface area contributed by atoms with E-state index in [0.717, 1.165) is 12.1 Å². The number of carbonyl (C=O) groups is 1. The Balaban J connectivity index is 2.25. The fourth-order valence-electron chi connectivity index (χ4n) is 3.57. The van der Waals surface area contributed by atoms with E-state index < -0.39 is 21.1 Å². The van der Waals surface area contributed by atoms with Crippen molar-refractivity contribution >= 4 is 47.4 Å². The Morgan fingerprint density at radius 2 is 1.77 bits per heavy atom. The van der Waals surface area contributed by atoms with Crippen molar-refractivity contribution in [2.24, 2.45) is 0 Å². The summed E-state index contributed by atoms with van der Waals surface area (Å²) in [5, 5.41) is 5.13. The predicted molar refractivity (Wildman–Crippen MR) is 113 cm³/mol. The number of thiazole rings is 1. The molecule has 2 aromatic rings. The average molecular weight is 482 g/mol. The van der Waals surface area contributed by atoms with Gasteiger partial charge in [0.2, 0.25) is 0 Å². The monoisotopic (exact) mass is 483 g/mol. The fourth-order valence-corrected chi connectivity index (χ4v) is 10.7. The molecule has 0 saturated carbocycles. The van der Waals surface area contributed by atoms with Crippen LogP contribution in [0.5, 0.6) is 0 Å². The van der Waals surface area contributed by atoms with Gasteiger partial charge < -0.3 is 0 Å². The average Bonchev–Trinajstić information content (AvgIpc) is 3.24. The molecule has 26 heavy (non-hydrogen) atoms. The number of amides is 1. The van der Waals surface area contributed by atoms with E-state index in [0.29, 0.717) is 9.98 Å². The maximum absolute atomic E-state index is 10.6. The number of unbranched alkanes of at least 4 members (excludes halogenated alkanes) is 3. The van der Waals surface area contributed by atoms with Gasteiger partial charge in [-0.2, -0.15) is 0 Å². The minimum absolute atomic E-state index is 0.525. The van der Waals surface area contributed by atoms with Crippen LogP contribution in [0.4, 0.5) is 0 Å². The number of fused-ring (bicyclic) bond motifs is 1. The molecule has 1 N–H and O–H groups in total. The van der Waals surface area contributed by atoms with Crippen LogP contribution in [0.25, 0.3) is 4.83 Å². The van der Waals surface area contributed by atoms with Crippen molar-refractivity contribution in [3.8, 4) is 0 Å². The second kappa shape index (κ2) is 11.3. The van der Waals surface area contributed by atoms with E-state index in [2.05, 4.69) is 40.9 Å². The van der Waals surface area contributed by atoms with Gasteiger partial charge in [0.05, 0.1) is 0 Å². The van der Waals surface area contributed by atoms with Crippen LogP contribution in [-0.4, -0.2) is 36.9 Å². The van der Waals surface area contributed by atoms with E-state index in [4.69, 9.17) is 0 Å². The van der Waals surface area contributed by atoms with Crippen LogP contribution in [0, 0.1) is 0 Å². The minimum atomic E-state index is -0.754. The third-order valence-electron chi connectivity index (χ3n) is 5.11. The number of nitrogens with zero attached hydrogens (tertiary/aromatic N) is 2. The first-order chi connectivity index (χ1) is 12.7. The van der Waals surface area contributed by atoms with Crippen molar-refractivity contribution in [3.05, 3.63) is 17.4 Å². The summed E-state index contributed by atoms with van der Waals surface area (Å²) in [5.41, 5.74) is 0.994. The SMILES string of the molecule is CCCC[C](CCCC)(CCCC)[Sn][c]1csc2c(CNC=O)ncn12. The van der Waals surface area contributed by atoms with Gasteiger partial charge in [0.25, 0.3) is 0 Å². The van der Waals surface area contributed by atoms with Crippen molar-refractivity contribution in [2.75, 3.05) is 0 Å². The van der Waals surface area contributed by atoms with Gasteiger partial charge in [-0.25, -0.2) is 0 Å². The molecule has 2 radical (unpaired) electrons. The maximum atomic E-state index is 10.6. The van der Waals surface area contributed by atoms with Crippen LogP contribution < -0.4 is 9.03 Å². The van der Waals surface area contributed by atoms with Gasteiger partial charge >= 0.3 is 173 Å². The summed E-state index contributed by atoms with van der Waals surface area (Å²) in [4.78, 5) is 16.4. The van der Waals surface area contributed by atoms with E-state index >= 15 is 0 Å². The normalized spacial score (nSPS) is 12.0. The standard InChI is InChI=1S/C13H27.C7H6N3OS.Sn/c1-4-7-10-13(11-8-5-2)12-9-6-3;11-5-8-3-6-7-10(4-9-6)1-2-12-7;/h4-12H2,1-3H3;2,4-5H,3H2,(H,8,11);. The Morgan fingerprint density at radius 1 is 1.15 bits per heavy atom. The summed E-state index contributed by atoms with van der Waals surface area (Å²) in [6, 6.07) is 0. The van der Waals surface area contributed by atoms with E-state index in [1.807, 2.05) is 6.33 Å². The molecule has 2 heterocycles. The molecular weight excluding hydrogens is 449 g/mol. The molecule has 0 aliphatic carbocycles. The van der Waals surface area contributed by atoms with Crippen molar-refractivity contribution in [1.29, 1.82) is 0 Å². The number of aromatic nitrogens is 2. The number of carbonyl (C=O) groups excluding carboxylic acids is 1. The van der Waals surface area contributed by atoms with Crippen molar-refractivity contribution in [3.63, 3.8) is 0 Å². The van der Waals surface area contributed by atoms with Crippen LogP contribution in [0.15, 0.2) is 11.7 Å². The number of hydrogen-bond acceptors (Lipinski definition) is 3. The number of rotatable bonds is 14. The Morgan fingerprint density at radius 3 is 2.31 bits per heavy atom. The summed E-state index contributed by atoms with van der Waals surface area (Å²) < 4.78 is 4.48. The van der Waals surface area contributed by atoms with Crippen LogP contribution in [0.3, 0.4) is 0 Å². The van der Waals surface area contributed by atoms with Crippen LogP contribution in [-0.2, 0) is 11.3 Å². The molecule has 0 aliphatic heterocycles. The predicted octanol–water partition coefficient (Wildman–Crippen LogP) is 4.70. The molecule has 0 bridgehead atoms. The van der Waals surface area contributed by atoms with E-state index in [9.17, 15) is 4.79 Å². The van der Waals surface area contributed by atoms with Crippen LogP contribution in [0.1, 0.15) is 84.3 Å². The molecule has 2 rings (SSSR count). The third kappa shape index (κ3) is 5.72. The molecule has 144 valence electrons. The molecule has 4 nitrogen and oxygen atoms in total. The molecule has 0 aliphatic rings. The first-order valence-corrected chi connectivity index (χ1v) is 13.8. The van der Waals surface area contributed by atoms with Gasteiger partial charge in [-0.15, -0.1) is 0 Å². The quantitative estimate of drug-likeness (QED) is 0.314. The zero-order valence-electron chi connectivity index (χ0n) is 16.5. The zero-order valence-corrected chi connectivity index (χ0v) is 20.2. The molecule has 0 atom stereocenters. The summed E-state index contributed by atoms with van der Waals surface area (Å²) >= 11 is 1.04. The summed E-state index contributed by atoms with van der Waals surface area (Å²) in [7, 11) is 0. The number of hydrogen-bond donors (Lipinski definition) is 1. The molecule has 1 amide bonds. The second-order valence-electron chi connectivity index (χ2n) is 7.20. The molecule has 6 heteroatoms. The molecule has 0 unspecified atom stereocenters. The van der Waals surface area contributed by atoms with Gasteiger partial charge in [-0.1, -0.05) is 0 Å². The molecule has 0 saturated heterocycles. The zero-order chi connectivity index (χ0) is 18.8. The van der Waals surface area contributed by atoms with Crippen molar-refractivity contribution in [2.45, 2.75) is 88.5 Å². The molecule has 0 spiro atoms. The van der Waals surface area contributed by atoms with Gasteiger partial charge in [0.15, 0.2) is 0 Å². The first-order valence-electron chi connectivity index (χ1n) is 10.1. The van der Waals surface area contributed by atoms with E-state index in [1.54, 1.807) is 15.0 Å². The number of nitrogens with one attached hydrogen (secondary N) is 1. The van der Waals surface area contributed by atoms with Crippen molar-refractivity contribution < 1.29 is 4.79 Å². The summed E-state index contributed by atoms with van der Waals surface area (Å²) in [6.07, 6.45) is 14.9. The van der Waals surface area contributed by atoms with E-state index in [1.165, 1.54) is 62.6 Å². The van der Waals surface area contributed by atoms with E-state index in [-0.39, 0.29) is 0 Å². The first kappa shape index (κ1) is 21.7. The Kier molecular flexibility index (Phi) is 9.46. The Bertz CT molecular complexity index is 645. The summed E-state index contributed by atoms with van der Waals surface area (Å²) in [5.74, 6) is 0. The summed E-state index contributed by atoms with van der Waals surface area (Å²) in [6.45, 7) is 7.48. The number of imidazole rings is 1. The van der Waals surface area contributed by atoms with Gasteiger partial charge in [0.1, 0.15) is 0 Å². The van der Waals surface area contributed by atoms with Gasteiger partial charge in [0, 0.05) is 0 Å². The van der Waals surface area contributed by atoms with Crippen LogP contribution in [0.2, 0.25) is 3.43 Å². The molecule has 0 aromatic carbocycles. The van der Waals surface area contributed by atoms with Crippen LogP contribution >= 0.6 is 11.3 Å². The molecule has 2 aromatic heterocycles. The second-order valence-corrected chi connectivity index (χ2v) is 13.3. The third-order valence-corrected chi connectivity index (χ3v) is 12.2. The van der Waals surface area contributed by atoms with Gasteiger partial charge in [-0.05, 0) is 0 Å². The molecule has 0 fully saturated rings. The van der Waals surface area contributed by atoms with Gasteiger partial charge in [-0.3, -0.25) is 0 Å². The Labute approximate surface area is 172 Å². The molecular formula is C20H33N3OSSn. The Hall–Kier alpha value is -0.561. The fraction of sp³-hybridized carbons (Fsp3) is 0.700. The topological polar surface area (TPSA) is 46.4 Å².